The number of aliphatic hydroxyl groups is 2. The van der Waals surface area contributed by atoms with E-state index < -0.39 is 89.5 Å². The second-order valence-electron chi connectivity index (χ2n) is 10.6. The van der Waals surface area contributed by atoms with Crippen LogP contribution < -0.4 is 17.0 Å². The molecule has 0 aromatic carbocycles. The molecule has 3 aliphatic rings. The molecule has 3 aliphatic heterocycles. The van der Waals surface area contributed by atoms with Crippen LogP contribution in [-0.2, 0) is 32.2 Å². The minimum Gasteiger partial charge on any atom is -0.397 e. The molecule has 0 spiro atoms. The van der Waals surface area contributed by atoms with Crippen LogP contribution in [0.15, 0.2) is 29.7 Å². The number of aromatic amines is 1. The zero-order valence-corrected chi connectivity index (χ0v) is 24.3. The number of hydrogen-bond donors (Lipinski definition) is 5. The minimum atomic E-state index is -4.03. The molecule has 19 nitrogen and oxygen atoms in total. The molecule has 23 heteroatoms. The van der Waals surface area contributed by atoms with Crippen LogP contribution in [0.3, 0.4) is 0 Å². The quantitative estimate of drug-likeness (QED) is 0.116. The van der Waals surface area contributed by atoms with Crippen LogP contribution in [0, 0.1) is 5.92 Å². The monoisotopic (exact) mass is 662 g/mol. The maximum atomic E-state index is 13.7. The third-order valence-electron chi connectivity index (χ3n) is 7.78. The molecule has 3 fully saturated rings. The summed E-state index contributed by atoms with van der Waals surface area (Å²) in [5, 5.41) is 22.6. The maximum Gasteiger partial charge on any atom is 0.280 e. The molecule has 45 heavy (non-hydrogen) atoms. The van der Waals surface area contributed by atoms with Gasteiger partial charge in [-0.25, -0.2) is 15.0 Å². The van der Waals surface area contributed by atoms with E-state index in [1.165, 1.54) is 28.0 Å². The van der Waals surface area contributed by atoms with Crippen molar-refractivity contribution in [1.29, 1.82) is 0 Å². The van der Waals surface area contributed by atoms with Crippen LogP contribution in [0.1, 0.15) is 12.5 Å². The molecular weight excluding hydrogens is 634 g/mol. The fourth-order valence-corrected chi connectivity index (χ4v) is 7.98. The number of H-pyrrole nitrogens is 1. The number of imidazole rings is 2. The first-order valence-electron chi connectivity index (χ1n) is 13.3. The minimum absolute atomic E-state index is 0.0364. The van der Waals surface area contributed by atoms with Crippen molar-refractivity contribution >= 4 is 63.8 Å². The first kappa shape index (κ1) is 30.5. The fraction of sp³-hybridized carbons (Fsp3) is 0.500. The number of nitrogens with one attached hydrogen (secondary N) is 1. The highest BCUT2D eigenvalue weighted by atomic mass is 31.2. The molecule has 7 heterocycles. The summed E-state index contributed by atoms with van der Waals surface area (Å²) in [6, 6.07) is 1.58. The summed E-state index contributed by atoms with van der Waals surface area (Å²) in [5.74, 6) is -1.15. The van der Waals surface area contributed by atoms with Crippen molar-refractivity contribution in [2.75, 3.05) is 30.8 Å². The number of ether oxygens (including phenoxy) is 2. The molecular formula is C22H28B2N9O10P2-. The summed E-state index contributed by atoms with van der Waals surface area (Å²) in [5.41, 5.74) is 12.3. The van der Waals surface area contributed by atoms with Crippen molar-refractivity contribution in [3.8, 4) is 0 Å². The van der Waals surface area contributed by atoms with Gasteiger partial charge in [-0.1, -0.05) is 0 Å². The molecule has 4 aromatic rings. The van der Waals surface area contributed by atoms with E-state index >= 15 is 0 Å². The Morgan fingerprint density at radius 2 is 1.67 bits per heavy atom. The van der Waals surface area contributed by atoms with Crippen molar-refractivity contribution in [3.63, 3.8) is 0 Å². The van der Waals surface area contributed by atoms with E-state index in [9.17, 15) is 24.1 Å². The number of pyridine rings is 1. The summed E-state index contributed by atoms with van der Waals surface area (Å²) in [6.07, 6.45) is -4.59. The van der Waals surface area contributed by atoms with Crippen molar-refractivity contribution in [3.05, 3.63) is 35.3 Å². The second kappa shape index (κ2) is 11.0. The van der Waals surface area contributed by atoms with E-state index in [4.69, 9.17) is 42.1 Å². The Kier molecular flexibility index (Phi) is 7.46. The van der Waals surface area contributed by atoms with E-state index in [1.54, 1.807) is 6.07 Å². The van der Waals surface area contributed by atoms with Gasteiger partial charge in [0.25, 0.3) is 5.56 Å². The lowest BCUT2D eigenvalue weighted by molar-refractivity contribution is -0.0494. The van der Waals surface area contributed by atoms with Crippen molar-refractivity contribution in [2.24, 2.45) is 5.92 Å². The number of nitrogen functional groups attached to an aromatic ring is 2. The summed E-state index contributed by atoms with van der Waals surface area (Å²) < 4.78 is 59.8. The van der Waals surface area contributed by atoms with Crippen LogP contribution in [0.4, 0.5) is 11.6 Å². The third-order valence-corrected chi connectivity index (χ3v) is 10.1. The molecule has 238 valence electrons. The molecule has 2 unspecified atom stereocenters. The maximum absolute atomic E-state index is 13.7. The Labute approximate surface area is 255 Å². The van der Waals surface area contributed by atoms with Gasteiger partial charge in [-0.05, 0) is 6.07 Å². The van der Waals surface area contributed by atoms with Crippen LogP contribution in [0.2, 0.25) is 0 Å². The highest BCUT2D eigenvalue weighted by Crippen LogP contribution is 2.53. The molecule has 7 N–H and O–H groups in total. The van der Waals surface area contributed by atoms with Gasteiger partial charge in [0.2, 0.25) is 13.5 Å². The number of fused-ring (bicyclic) bond motifs is 5. The average Bonchev–Trinajstić information content (AvgIpc) is 3.72. The molecule has 4 aromatic heterocycles. The van der Waals surface area contributed by atoms with Crippen LogP contribution in [0.25, 0.3) is 22.3 Å². The second-order valence-corrected chi connectivity index (χ2v) is 13.6. The molecule has 7 rings (SSSR count). The molecule has 2 radical (unpaired) electrons. The number of aromatic nitrogens is 7. The van der Waals surface area contributed by atoms with Crippen LogP contribution in [0.5, 0.6) is 0 Å². The normalized spacial score (nSPS) is 37.7. The zero-order valence-electron chi connectivity index (χ0n) is 22.5. The summed E-state index contributed by atoms with van der Waals surface area (Å²) in [4.78, 5) is 31.5. The van der Waals surface area contributed by atoms with Crippen molar-refractivity contribution in [2.45, 2.75) is 43.0 Å². The summed E-state index contributed by atoms with van der Waals surface area (Å²) in [7, 11) is -2.75. The lowest BCUT2D eigenvalue weighted by Gasteiger charge is -2.29. The van der Waals surface area contributed by atoms with Gasteiger partial charge in [-0.3, -0.25) is 18.9 Å². The largest absolute Gasteiger partial charge is 0.397 e. The third kappa shape index (κ3) is 5.41. The number of aliphatic hydroxyl groups excluding tert-OH is 2. The number of hydrogen-bond acceptors (Lipinski definition) is 16. The van der Waals surface area contributed by atoms with Gasteiger partial charge in [0.15, 0.2) is 23.0 Å². The van der Waals surface area contributed by atoms with E-state index in [0.29, 0.717) is 16.9 Å². The number of anilines is 2. The number of nitrogens with two attached hydrogens (primary N) is 2. The SMILES string of the molecule is [B]P1(=O)C[C@@H]2[C@H](O)[C@@H](COP([BH3-])(=O)O[C@H]3[C@@H](O)[C@H](n4cnc5c(N)ccnc54)O[C@@H]3CO1)O[C@H]2n1cnc2c(=O)[nH]c(N)nc21. The topological polar surface area (TPSA) is 267 Å². The average molecular weight is 662 g/mol. The van der Waals surface area contributed by atoms with Crippen LogP contribution in [-0.4, -0.2) is 109 Å². The Morgan fingerprint density at radius 1 is 0.978 bits per heavy atom. The van der Waals surface area contributed by atoms with Gasteiger partial charge < -0.3 is 53.9 Å². The Morgan fingerprint density at radius 3 is 2.44 bits per heavy atom. The highest BCUT2D eigenvalue weighted by Gasteiger charge is 2.51. The highest BCUT2D eigenvalue weighted by molar-refractivity contribution is 7.83. The van der Waals surface area contributed by atoms with E-state index in [1.807, 2.05) is 0 Å². The number of nitrogens with zero attached hydrogens (tertiary/aromatic N) is 6. The molecule has 0 aliphatic carbocycles. The predicted octanol–water partition coefficient (Wildman–Crippen LogP) is -1.87. The van der Waals surface area contributed by atoms with Crippen molar-refractivity contribution < 1.29 is 42.4 Å². The smallest absolute Gasteiger partial charge is 0.280 e. The van der Waals surface area contributed by atoms with Crippen LogP contribution >= 0.6 is 14.7 Å². The van der Waals surface area contributed by atoms with Gasteiger partial charge in [0, 0.05) is 18.3 Å². The lowest BCUT2D eigenvalue weighted by Crippen LogP contribution is -2.36. The summed E-state index contributed by atoms with van der Waals surface area (Å²) >= 11 is 0. The van der Waals surface area contributed by atoms with E-state index in [0.717, 1.165) is 0 Å². The lowest BCUT2D eigenvalue weighted by atomic mass is 10.0. The van der Waals surface area contributed by atoms with Gasteiger partial charge in [-0.2, -0.15) is 4.98 Å². The molecule has 10 atom stereocenters. The summed E-state index contributed by atoms with van der Waals surface area (Å²) in [6.45, 7) is -0.811. The Hall–Kier alpha value is -3.12. The molecule has 0 saturated carbocycles. The van der Waals surface area contributed by atoms with Crippen molar-refractivity contribution in [1.82, 2.24) is 34.1 Å². The predicted molar refractivity (Wildman–Crippen MR) is 160 cm³/mol. The molecule has 3 saturated heterocycles. The van der Waals surface area contributed by atoms with Gasteiger partial charge in [0.1, 0.15) is 50.9 Å². The fourth-order valence-electron chi connectivity index (χ4n) is 5.71. The molecule has 2 bridgehead atoms. The first-order chi connectivity index (χ1) is 21.3. The first-order valence-corrected chi connectivity index (χ1v) is 16.2. The Balaban J connectivity index is 1.21. The Bertz CT molecular complexity index is 1940. The van der Waals surface area contributed by atoms with Gasteiger partial charge >= 0.3 is 0 Å². The standard InChI is InChI=1S/C22H28B2N9O10P2/c23-44(37)5-8-14(34)10(41-20(8)33-7-29-13-18(33)30-22(26)31-19(13)36)3-40-45(24,38)43-16-11(4-39-44)42-21(15(16)35)32-6-28-12-9(25)1-2-27-17(12)32/h1-2,6-8,10-11,14-16,20-21,34-35H,3-5H2,24H3,(H2,25,27)(H3,26,30,31,36)/q-1/t8-,10-,11-,14+,15-,16-,20-,21-,44?,45?/m1/s1. The van der Waals surface area contributed by atoms with E-state index in [-0.39, 0.29) is 23.7 Å². The van der Waals surface area contributed by atoms with E-state index in [2.05, 4.69) is 24.9 Å². The number of rotatable bonds is 2. The van der Waals surface area contributed by atoms with Gasteiger partial charge in [-0.15, -0.1) is 0 Å². The zero-order chi connectivity index (χ0) is 31.8. The van der Waals surface area contributed by atoms with Gasteiger partial charge in [0.05, 0.1) is 45.2 Å². The molecule has 0 amide bonds.